The predicted molar refractivity (Wildman–Crippen MR) is 197 cm³/mol. The molecule has 13 heteroatoms. The van der Waals surface area contributed by atoms with Crippen LogP contribution in [0.25, 0.3) is 33.6 Å². The highest BCUT2D eigenvalue weighted by atomic mass is 16.5. The third kappa shape index (κ3) is 7.33. The van der Waals surface area contributed by atoms with Crippen molar-refractivity contribution < 1.29 is 33.3 Å². The van der Waals surface area contributed by atoms with Gasteiger partial charge in [-0.15, -0.1) is 0 Å². The summed E-state index contributed by atoms with van der Waals surface area (Å²) in [6, 6.07) is 15.8. The summed E-state index contributed by atoms with van der Waals surface area (Å²) in [5.74, 6) is 0.715. The Balaban J connectivity index is 1.06. The lowest BCUT2D eigenvalue weighted by Crippen LogP contribution is -2.54. The maximum atomic E-state index is 13.9. The van der Waals surface area contributed by atoms with Crippen LogP contribution in [0.1, 0.15) is 73.8 Å². The first-order valence-corrected chi connectivity index (χ1v) is 18.3. The number of nitrogens with one attached hydrogen (secondary N) is 3. The Morgan fingerprint density at radius 1 is 0.868 bits per heavy atom. The summed E-state index contributed by atoms with van der Waals surface area (Å²) in [7, 11) is 4.41. The van der Waals surface area contributed by atoms with E-state index >= 15 is 0 Å². The van der Waals surface area contributed by atoms with E-state index in [4.69, 9.17) is 18.9 Å². The van der Waals surface area contributed by atoms with Crippen LogP contribution in [0, 0.1) is 0 Å². The molecule has 7 rings (SSSR count). The van der Waals surface area contributed by atoms with Gasteiger partial charge in [0.25, 0.3) is 0 Å². The number of rotatable bonds is 12. The van der Waals surface area contributed by atoms with Gasteiger partial charge in [-0.2, -0.15) is 0 Å². The number of carbonyl (C=O) groups excluding carboxylic acids is 3. The highest BCUT2D eigenvalue weighted by Gasteiger charge is 2.40. The zero-order valence-electron chi connectivity index (χ0n) is 30.8. The minimum Gasteiger partial charge on any atom is -0.453 e. The Labute approximate surface area is 309 Å². The third-order valence-electron chi connectivity index (χ3n) is 10.9. The summed E-state index contributed by atoms with van der Waals surface area (Å²) in [6.07, 6.45) is 4.50. The number of nitrogens with zero attached hydrogens (tertiary/aromatic N) is 3. The van der Waals surface area contributed by atoms with E-state index in [1.807, 2.05) is 16.0 Å². The van der Waals surface area contributed by atoms with Gasteiger partial charge in [-0.1, -0.05) is 48.5 Å². The van der Waals surface area contributed by atoms with Crippen molar-refractivity contribution in [2.24, 2.45) is 0 Å². The summed E-state index contributed by atoms with van der Waals surface area (Å²) in [4.78, 5) is 54.3. The number of aromatic amines is 2. The quantitative estimate of drug-likeness (QED) is 0.164. The molecule has 0 radical (unpaired) electrons. The Kier molecular flexibility index (Phi) is 10.9. The number of methoxy groups -OCH3 is 3. The van der Waals surface area contributed by atoms with Gasteiger partial charge < -0.3 is 44.0 Å². The molecule has 0 aliphatic carbocycles. The van der Waals surface area contributed by atoms with E-state index < -0.39 is 18.2 Å². The van der Waals surface area contributed by atoms with Gasteiger partial charge in [-0.05, 0) is 54.9 Å². The van der Waals surface area contributed by atoms with Crippen LogP contribution in [0.15, 0.2) is 54.7 Å². The van der Waals surface area contributed by atoms with Crippen LogP contribution >= 0.6 is 0 Å². The first-order valence-electron chi connectivity index (χ1n) is 18.3. The van der Waals surface area contributed by atoms with Crippen molar-refractivity contribution in [3.05, 3.63) is 77.4 Å². The van der Waals surface area contributed by atoms with Crippen molar-refractivity contribution >= 4 is 17.9 Å². The maximum absolute atomic E-state index is 13.9. The number of fused-ring (bicyclic) bond motifs is 1. The molecule has 4 aromatic rings. The molecule has 2 fully saturated rings. The Hall–Kier alpha value is -4.98. The standard InChI is InChI=1S/C40H48N6O7/c1-24(51-3)35(44-40(49)52-4)39(48)46-19-5-7-32(46)37-30-23-53-22-29(30)36(43-37)28-15-11-26(12-16-28)25-9-13-27(14-10-25)31-21-41-38(42-31)33-8-6-18-45(33)34(47)17-20-50-2/h9-16,21,24,32-33,35,43H,5-8,17-20,22-23H2,1-4H3,(H,41,42)(H,44,49)/t24-,32+,33+,35+/m1/s1. The number of carbonyl (C=O) groups is 3. The summed E-state index contributed by atoms with van der Waals surface area (Å²) >= 11 is 0. The Morgan fingerprint density at radius 3 is 2.19 bits per heavy atom. The lowest BCUT2D eigenvalue weighted by Gasteiger charge is -2.31. The molecule has 0 saturated carbocycles. The van der Waals surface area contributed by atoms with Gasteiger partial charge in [0.05, 0.1) is 69.1 Å². The topological polar surface area (TPSA) is 151 Å². The monoisotopic (exact) mass is 724 g/mol. The number of benzene rings is 2. The van der Waals surface area contributed by atoms with Gasteiger partial charge in [0, 0.05) is 44.1 Å². The van der Waals surface area contributed by atoms with Crippen LogP contribution in [0.5, 0.6) is 0 Å². The van der Waals surface area contributed by atoms with Gasteiger partial charge in [-0.3, -0.25) is 9.59 Å². The van der Waals surface area contributed by atoms with Crippen LogP contribution in [-0.2, 0) is 41.8 Å². The minimum absolute atomic E-state index is 0.0403. The average Bonchev–Trinajstić information content (AvgIpc) is 4.04. The Bertz CT molecular complexity index is 1920. The third-order valence-corrected chi connectivity index (χ3v) is 10.9. The zero-order chi connectivity index (χ0) is 37.1. The first kappa shape index (κ1) is 36.4. The number of hydrogen-bond acceptors (Lipinski definition) is 8. The van der Waals surface area contributed by atoms with Crippen molar-refractivity contribution in [3.63, 3.8) is 0 Å². The van der Waals surface area contributed by atoms with Crippen molar-refractivity contribution in [1.82, 2.24) is 30.1 Å². The number of hydrogen-bond donors (Lipinski definition) is 3. The van der Waals surface area contributed by atoms with E-state index in [1.165, 1.54) is 14.2 Å². The molecule has 2 aromatic heterocycles. The molecule has 0 unspecified atom stereocenters. The fraction of sp³-hybridized carbons (Fsp3) is 0.450. The van der Waals surface area contributed by atoms with E-state index in [9.17, 15) is 14.4 Å². The molecule has 3 N–H and O–H groups in total. The van der Waals surface area contributed by atoms with Gasteiger partial charge in [0.1, 0.15) is 11.9 Å². The molecule has 0 spiro atoms. The normalized spacial score (nSPS) is 19.3. The van der Waals surface area contributed by atoms with Crippen LogP contribution in [0.4, 0.5) is 4.79 Å². The second-order valence-electron chi connectivity index (χ2n) is 13.9. The van der Waals surface area contributed by atoms with E-state index in [0.717, 1.165) is 88.5 Å². The van der Waals surface area contributed by atoms with Crippen LogP contribution in [0.2, 0.25) is 0 Å². The second kappa shape index (κ2) is 15.9. The fourth-order valence-electron chi connectivity index (χ4n) is 7.93. The molecule has 280 valence electrons. The van der Waals surface area contributed by atoms with Crippen LogP contribution in [0.3, 0.4) is 0 Å². The highest BCUT2D eigenvalue weighted by molar-refractivity contribution is 5.87. The van der Waals surface area contributed by atoms with Crippen LogP contribution in [-0.4, -0.2) is 95.8 Å². The molecule has 13 nitrogen and oxygen atoms in total. The van der Waals surface area contributed by atoms with Crippen LogP contribution < -0.4 is 5.32 Å². The van der Waals surface area contributed by atoms with Crippen molar-refractivity contribution in [3.8, 4) is 33.6 Å². The van der Waals surface area contributed by atoms with Crippen molar-refractivity contribution in [2.45, 2.75) is 76.5 Å². The van der Waals surface area contributed by atoms with E-state index in [0.29, 0.717) is 32.8 Å². The lowest BCUT2D eigenvalue weighted by molar-refractivity contribution is -0.137. The first-order chi connectivity index (χ1) is 25.8. The summed E-state index contributed by atoms with van der Waals surface area (Å²) in [5.41, 5.74) is 9.36. The summed E-state index contributed by atoms with van der Waals surface area (Å²) in [5, 5.41) is 2.67. The second-order valence-corrected chi connectivity index (χ2v) is 13.9. The zero-order valence-corrected chi connectivity index (χ0v) is 30.8. The van der Waals surface area contributed by atoms with Gasteiger partial charge in [0.2, 0.25) is 11.8 Å². The van der Waals surface area contributed by atoms with Crippen molar-refractivity contribution in [1.29, 1.82) is 0 Å². The Morgan fingerprint density at radius 2 is 1.51 bits per heavy atom. The maximum Gasteiger partial charge on any atom is 0.407 e. The van der Waals surface area contributed by atoms with E-state index in [2.05, 4.69) is 68.8 Å². The van der Waals surface area contributed by atoms with Gasteiger partial charge in [0.15, 0.2) is 0 Å². The summed E-state index contributed by atoms with van der Waals surface area (Å²) < 4.78 is 21.3. The van der Waals surface area contributed by atoms with Gasteiger partial charge >= 0.3 is 6.09 Å². The fourth-order valence-corrected chi connectivity index (χ4v) is 7.93. The molecule has 4 atom stereocenters. The molecule has 3 amide bonds. The molecule has 2 saturated heterocycles. The van der Waals surface area contributed by atoms with E-state index in [1.54, 1.807) is 14.0 Å². The van der Waals surface area contributed by atoms with Gasteiger partial charge in [-0.25, -0.2) is 9.78 Å². The molecule has 0 bridgehead atoms. The average molecular weight is 725 g/mol. The number of aromatic nitrogens is 3. The summed E-state index contributed by atoms with van der Waals surface area (Å²) in [6.45, 7) is 4.47. The molecule has 2 aromatic carbocycles. The SMILES string of the molecule is COCCC(=O)N1CCC[C@H]1c1ncc(-c2ccc(-c3ccc(-c4[nH]c([C@@H]5CCCN5C(=O)[C@@H](NC(=O)OC)[C@@H](C)OC)c5c4COC5)cc3)cc2)[nH]1. The molecule has 5 heterocycles. The molecular formula is C40H48N6O7. The minimum atomic E-state index is -0.878. The number of likely N-dealkylation sites (tertiary alicyclic amines) is 2. The largest absolute Gasteiger partial charge is 0.453 e. The molecule has 3 aliphatic rings. The number of H-pyrrole nitrogens is 2. The molecular weight excluding hydrogens is 676 g/mol. The highest BCUT2D eigenvalue weighted by Crippen LogP contribution is 2.42. The smallest absolute Gasteiger partial charge is 0.407 e. The number of imidazole rings is 1. The molecule has 53 heavy (non-hydrogen) atoms. The molecule has 3 aliphatic heterocycles. The predicted octanol–water partition coefficient (Wildman–Crippen LogP) is 5.89. The lowest BCUT2D eigenvalue weighted by atomic mass is 9.99. The van der Waals surface area contributed by atoms with E-state index in [-0.39, 0.29) is 23.9 Å². The van der Waals surface area contributed by atoms with Crippen molar-refractivity contribution in [2.75, 3.05) is 41.0 Å². The number of ether oxygens (including phenoxy) is 4. The number of amides is 3. The number of alkyl carbamates (subject to hydrolysis) is 1.